The third kappa shape index (κ3) is 2.83. The summed E-state index contributed by atoms with van der Waals surface area (Å²) in [4.78, 5) is 0.608. The van der Waals surface area contributed by atoms with E-state index < -0.39 is 16.6 Å². The van der Waals surface area contributed by atoms with Gasteiger partial charge in [-0.25, -0.2) is 8.60 Å². The molecular formula is C14H9ClFNOS. The molecule has 5 heteroatoms. The lowest BCUT2D eigenvalue weighted by Crippen LogP contribution is -1.99. The summed E-state index contributed by atoms with van der Waals surface area (Å²) in [5, 5.41) is 9.41. The van der Waals surface area contributed by atoms with Crippen molar-refractivity contribution in [3.05, 3.63) is 58.4 Å². The number of rotatable bonds is 2. The maximum atomic E-state index is 13.5. The van der Waals surface area contributed by atoms with E-state index in [-0.39, 0.29) is 10.5 Å². The van der Waals surface area contributed by atoms with Gasteiger partial charge in [0.25, 0.3) is 0 Å². The van der Waals surface area contributed by atoms with Crippen LogP contribution in [-0.2, 0) is 10.8 Å². The molecule has 2 rings (SSSR count). The van der Waals surface area contributed by atoms with E-state index in [0.29, 0.717) is 9.92 Å². The highest BCUT2D eigenvalue weighted by Crippen LogP contribution is 2.25. The highest BCUT2D eigenvalue weighted by atomic mass is 35.5. The molecule has 0 aliphatic carbocycles. The van der Waals surface area contributed by atoms with Crippen LogP contribution in [0.2, 0.25) is 5.02 Å². The van der Waals surface area contributed by atoms with Crippen molar-refractivity contribution in [3.63, 3.8) is 0 Å². The lowest BCUT2D eigenvalue weighted by atomic mass is 10.2. The number of nitriles is 1. The van der Waals surface area contributed by atoms with Crippen molar-refractivity contribution in [3.8, 4) is 6.07 Å². The molecule has 0 aliphatic rings. The third-order valence-electron chi connectivity index (χ3n) is 2.52. The van der Waals surface area contributed by atoms with Gasteiger partial charge in [0, 0.05) is 9.92 Å². The fourth-order valence-corrected chi connectivity index (χ4v) is 3.37. The van der Waals surface area contributed by atoms with Crippen molar-refractivity contribution >= 4 is 22.4 Å². The lowest BCUT2D eigenvalue weighted by Gasteiger charge is -2.06. The summed E-state index contributed by atoms with van der Waals surface area (Å²) in [7, 11) is -1.64. The Kier molecular flexibility index (Phi) is 3.98. The van der Waals surface area contributed by atoms with E-state index >= 15 is 0 Å². The van der Waals surface area contributed by atoms with Gasteiger partial charge in [0.1, 0.15) is 17.4 Å². The van der Waals surface area contributed by atoms with E-state index in [4.69, 9.17) is 16.9 Å². The molecule has 0 fully saturated rings. The second-order valence-corrected chi connectivity index (χ2v) is 5.84. The van der Waals surface area contributed by atoms with Gasteiger partial charge in [0.05, 0.1) is 15.7 Å². The van der Waals surface area contributed by atoms with Crippen molar-refractivity contribution in [1.29, 1.82) is 5.26 Å². The van der Waals surface area contributed by atoms with Crippen LogP contribution in [-0.4, -0.2) is 4.21 Å². The molecule has 1 atom stereocenters. The first kappa shape index (κ1) is 13.7. The Morgan fingerprint density at radius 1 is 1.32 bits per heavy atom. The third-order valence-corrected chi connectivity index (χ3v) is 4.14. The Labute approximate surface area is 117 Å². The van der Waals surface area contributed by atoms with Crippen molar-refractivity contribution in [1.82, 2.24) is 0 Å². The van der Waals surface area contributed by atoms with Crippen LogP contribution in [0, 0.1) is 24.1 Å². The number of hydrogen-bond donors (Lipinski definition) is 0. The Hall–Kier alpha value is -1.70. The van der Waals surface area contributed by atoms with Gasteiger partial charge in [-0.05, 0) is 42.8 Å². The van der Waals surface area contributed by atoms with Gasteiger partial charge in [0.15, 0.2) is 0 Å². The molecule has 0 radical (unpaired) electrons. The molecule has 96 valence electrons. The van der Waals surface area contributed by atoms with E-state index in [1.165, 1.54) is 18.2 Å². The van der Waals surface area contributed by atoms with Crippen LogP contribution in [0.15, 0.2) is 46.2 Å². The second-order valence-electron chi connectivity index (χ2n) is 3.96. The topological polar surface area (TPSA) is 40.9 Å². The zero-order valence-corrected chi connectivity index (χ0v) is 11.6. The SMILES string of the molecule is Cc1cc(Cl)cc(S(=O)c2cccc(F)c2C#N)c1. The van der Waals surface area contributed by atoms with Gasteiger partial charge in [0.2, 0.25) is 0 Å². The van der Waals surface area contributed by atoms with Gasteiger partial charge in [-0.15, -0.1) is 0 Å². The minimum absolute atomic E-state index is 0.157. The summed E-state index contributed by atoms with van der Waals surface area (Å²) in [6, 6.07) is 10.8. The number of hydrogen-bond acceptors (Lipinski definition) is 2. The van der Waals surface area contributed by atoms with Crippen LogP contribution < -0.4 is 0 Å². The fourth-order valence-electron chi connectivity index (χ4n) is 1.70. The molecule has 2 aromatic rings. The monoisotopic (exact) mass is 293 g/mol. The second kappa shape index (κ2) is 5.52. The first-order valence-corrected chi connectivity index (χ1v) is 6.93. The molecule has 0 amide bonds. The molecule has 0 N–H and O–H groups in total. The van der Waals surface area contributed by atoms with Gasteiger partial charge in [-0.2, -0.15) is 5.26 Å². The van der Waals surface area contributed by atoms with Gasteiger partial charge in [-0.1, -0.05) is 17.7 Å². The van der Waals surface area contributed by atoms with Crippen molar-refractivity contribution in [2.75, 3.05) is 0 Å². The van der Waals surface area contributed by atoms with Crippen LogP contribution in [0.3, 0.4) is 0 Å². The summed E-state index contributed by atoms with van der Waals surface area (Å²) in [5.74, 6) is -0.674. The molecule has 19 heavy (non-hydrogen) atoms. The minimum atomic E-state index is -1.64. The molecule has 0 aromatic heterocycles. The maximum Gasteiger partial charge on any atom is 0.142 e. The normalized spacial score (nSPS) is 11.9. The van der Waals surface area contributed by atoms with Gasteiger partial charge in [-0.3, -0.25) is 0 Å². The lowest BCUT2D eigenvalue weighted by molar-refractivity contribution is 0.618. The van der Waals surface area contributed by atoms with Gasteiger partial charge >= 0.3 is 0 Å². The molecule has 0 saturated carbocycles. The smallest absolute Gasteiger partial charge is 0.142 e. The zero-order chi connectivity index (χ0) is 14.0. The van der Waals surface area contributed by atoms with E-state index in [1.54, 1.807) is 24.3 Å². The summed E-state index contributed by atoms with van der Waals surface area (Å²) >= 11 is 5.91. The molecule has 0 bridgehead atoms. The molecule has 0 heterocycles. The molecule has 0 spiro atoms. The summed E-state index contributed by atoms with van der Waals surface area (Å²) < 4.78 is 25.9. The quantitative estimate of drug-likeness (QED) is 0.844. The molecule has 1 unspecified atom stereocenters. The predicted octanol–water partition coefficient (Wildman–Crippen LogP) is 3.83. The molecular weight excluding hydrogens is 285 g/mol. The largest absolute Gasteiger partial charge is 0.249 e. The van der Waals surface area contributed by atoms with Crippen LogP contribution in [0.4, 0.5) is 4.39 Å². The maximum absolute atomic E-state index is 13.5. The number of aryl methyl sites for hydroxylation is 1. The Morgan fingerprint density at radius 2 is 2.05 bits per heavy atom. The number of nitrogens with zero attached hydrogens (tertiary/aromatic N) is 1. The van der Waals surface area contributed by atoms with E-state index in [0.717, 1.165) is 5.56 Å². The average Bonchev–Trinajstić information content (AvgIpc) is 2.36. The molecule has 0 aliphatic heterocycles. The Bertz CT molecular complexity index is 689. The standard InChI is InChI=1S/C14H9ClFNOS/c1-9-5-10(15)7-11(6-9)19(18)14-4-2-3-13(16)12(14)8-17/h2-7H,1H3. The summed E-state index contributed by atoms with van der Waals surface area (Å²) in [6.07, 6.45) is 0. The van der Waals surface area contributed by atoms with Crippen LogP contribution >= 0.6 is 11.6 Å². The molecule has 0 saturated heterocycles. The minimum Gasteiger partial charge on any atom is -0.249 e. The highest BCUT2D eigenvalue weighted by molar-refractivity contribution is 7.85. The highest BCUT2D eigenvalue weighted by Gasteiger charge is 2.16. The van der Waals surface area contributed by atoms with E-state index in [1.807, 2.05) is 6.92 Å². The van der Waals surface area contributed by atoms with Crippen LogP contribution in [0.25, 0.3) is 0 Å². The van der Waals surface area contributed by atoms with Crippen molar-refractivity contribution < 1.29 is 8.60 Å². The Balaban J connectivity index is 2.57. The predicted molar refractivity (Wildman–Crippen MR) is 72.0 cm³/mol. The van der Waals surface area contributed by atoms with Crippen molar-refractivity contribution in [2.45, 2.75) is 16.7 Å². The average molecular weight is 294 g/mol. The summed E-state index contributed by atoms with van der Waals surface area (Å²) in [5.41, 5.74) is 0.657. The summed E-state index contributed by atoms with van der Waals surface area (Å²) in [6.45, 7) is 1.82. The van der Waals surface area contributed by atoms with Gasteiger partial charge < -0.3 is 0 Å². The fraction of sp³-hybridized carbons (Fsp3) is 0.0714. The van der Waals surface area contributed by atoms with Crippen molar-refractivity contribution in [2.24, 2.45) is 0 Å². The number of halogens is 2. The number of benzene rings is 2. The molecule has 2 aromatic carbocycles. The first-order chi connectivity index (χ1) is 9.02. The van der Waals surface area contributed by atoms with E-state index in [2.05, 4.69) is 0 Å². The van der Waals surface area contributed by atoms with Crippen LogP contribution in [0.5, 0.6) is 0 Å². The van der Waals surface area contributed by atoms with Crippen LogP contribution in [0.1, 0.15) is 11.1 Å². The zero-order valence-electron chi connectivity index (χ0n) is 9.98. The Morgan fingerprint density at radius 3 is 2.68 bits per heavy atom. The first-order valence-electron chi connectivity index (χ1n) is 5.40. The molecule has 2 nitrogen and oxygen atoms in total. The van der Waals surface area contributed by atoms with E-state index in [9.17, 15) is 8.60 Å².